The third-order valence-electron chi connectivity index (χ3n) is 5.43. The molecule has 7 heteroatoms. The maximum atomic E-state index is 12.6. The average molecular weight is 392 g/mol. The van der Waals surface area contributed by atoms with Crippen LogP contribution in [0.3, 0.4) is 0 Å². The molecule has 1 aromatic carbocycles. The zero-order valence-corrected chi connectivity index (χ0v) is 16.8. The van der Waals surface area contributed by atoms with Gasteiger partial charge in [0.15, 0.2) is 0 Å². The number of rotatable bonds is 3. The number of phenols is 1. The molecule has 2 aromatic heterocycles. The Balaban J connectivity index is 1.69. The van der Waals surface area contributed by atoms with E-state index in [1.54, 1.807) is 30.1 Å². The molecule has 0 spiro atoms. The lowest BCUT2D eigenvalue weighted by Gasteiger charge is -2.35. The van der Waals surface area contributed by atoms with Crippen LogP contribution in [0, 0.1) is 13.8 Å². The van der Waals surface area contributed by atoms with Gasteiger partial charge in [0.25, 0.3) is 5.56 Å². The number of nitrogens with zero attached hydrogens (tertiary/aromatic N) is 4. The lowest BCUT2D eigenvalue weighted by atomic mass is 10.0. The summed E-state index contributed by atoms with van der Waals surface area (Å²) < 4.78 is 7.50. The summed E-state index contributed by atoms with van der Waals surface area (Å²) in [7, 11) is 1.72. The van der Waals surface area contributed by atoms with Crippen molar-refractivity contribution in [3.05, 3.63) is 69.8 Å². The SMILES string of the molecule is Cc1cc(O)c(C2CN(c3nc(-c4ccncc4)cc(=O)n3C)CCO2)cc1C. The lowest BCUT2D eigenvalue weighted by molar-refractivity contribution is 0.0374. The van der Waals surface area contributed by atoms with Gasteiger partial charge >= 0.3 is 0 Å². The smallest absolute Gasteiger partial charge is 0.255 e. The molecule has 3 heterocycles. The van der Waals surface area contributed by atoms with E-state index in [1.165, 1.54) is 6.07 Å². The van der Waals surface area contributed by atoms with Crippen LogP contribution in [-0.4, -0.2) is 39.3 Å². The molecule has 0 saturated carbocycles. The van der Waals surface area contributed by atoms with Crippen molar-refractivity contribution >= 4 is 5.95 Å². The topological polar surface area (TPSA) is 80.5 Å². The van der Waals surface area contributed by atoms with Crippen molar-refractivity contribution in [2.24, 2.45) is 7.05 Å². The molecule has 7 nitrogen and oxygen atoms in total. The molecule has 29 heavy (non-hydrogen) atoms. The van der Waals surface area contributed by atoms with Gasteiger partial charge in [-0.25, -0.2) is 4.98 Å². The number of aromatic nitrogens is 3. The average Bonchev–Trinajstić information content (AvgIpc) is 2.73. The van der Waals surface area contributed by atoms with Crippen LogP contribution < -0.4 is 10.5 Å². The molecule has 3 aromatic rings. The van der Waals surface area contributed by atoms with Crippen LogP contribution in [-0.2, 0) is 11.8 Å². The number of phenolic OH excluding ortho intramolecular Hbond substituents is 1. The molecule has 1 aliphatic rings. The van der Waals surface area contributed by atoms with Crippen molar-refractivity contribution in [1.82, 2.24) is 14.5 Å². The number of aromatic hydroxyl groups is 1. The van der Waals surface area contributed by atoms with Gasteiger partial charge in [0.05, 0.1) is 18.8 Å². The predicted molar refractivity (Wildman–Crippen MR) is 111 cm³/mol. The van der Waals surface area contributed by atoms with Crippen molar-refractivity contribution in [1.29, 1.82) is 0 Å². The highest BCUT2D eigenvalue weighted by molar-refractivity contribution is 5.59. The second-order valence-corrected chi connectivity index (χ2v) is 7.38. The predicted octanol–water partition coefficient (Wildman–Crippen LogP) is 2.74. The Labute approximate surface area is 169 Å². The minimum atomic E-state index is -0.301. The van der Waals surface area contributed by atoms with E-state index in [2.05, 4.69) is 4.98 Å². The fourth-order valence-electron chi connectivity index (χ4n) is 3.58. The minimum Gasteiger partial charge on any atom is -0.508 e. The van der Waals surface area contributed by atoms with Crippen LogP contribution in [0.4, 0.5) is 5.95 Å². The molecule has 150 valence electrons. The largest absolute Gasteiger partial charge is 0.508 e. The number of morpholine rings is 1. The van der Waals surface area contributed by atoms with Crippen LogP contribution in [0.25, 0.3) is 11.3 Å². The van der Waals surface area contributed by atoms with Gasteiger partial charge in [-0.2, -0.15) is 0 Å². The summed E-state index contributed by atoms with van der Waals surface area (Å²) in [5.74, 6) is 0.813. The quantitative estimate of drug-likeness (QED) is 0.738. The van der Waals surface area contributed by atoms with Gasteiger partial charge in [0.2, 0.25) is 5.95 Å². The molecule has 1 N–H and O–H groups in total. The number of benzene rings is 1. The fourth-order valence-corrected chi connectivity index (χ4v) is 3.58. The number of hydrogen-bond acceptors (Lipinski definition) is 6. The summed E-state index contributed by atoms with van der Waals surface area (Å²) >= 11 is 0. The molecule has 0 amide bonds. The molecular formula is C22H24N4O3. The van der Waals surface area contributed by atoms with Crippen molar-refractivity contribution in [2.75, 3.05) is 24.6 Å². The summed E-state index contributed by atoms with van der Waals surface area (Å²) in [4.78, 5) is 23.4. The molecule has 0 radical (unpaired) electrons. The molecule has 1 fully saturated rings. The fraction of sp³-hybridized carbons (Fsp3) is 0.318. The normalized spacial score (nSPS) is 16.8. The Morgan fingerprint density at radius 2 is 1.86 bits per heavy atom. The van der Waals surface area contributed by atoms with Crippen LogP contribution in [0.5, 0.6) is 5.75 Å². The van der Waals surface area contributed by atoms with Gasteiger partial charge in [-0.05, 0) is 49.2 Å². The highest BCUT2D eigenvalue weighted by atomic mass is 16.5. The van der Waals surface area contributed by atoms with Crippen molar-refractivity contribution in [3.8, 4) is 17.0 Å². The van der Waals surface area contributed by atoms with E-state index in [4.69, 9.17) is 9.72 Å². The van der Waals surface area contributed by atoms with Crippen molar-refractivity contribution < 1.29 is 9.84 Å². The second-order valence-electron chi connectivity index (χ2n) is 7.38. The van der Waals surface area contributed by atoms with Crippen LogP contribution in [0.15, 0.2) is 47.5 Å². The summed E-state index contributed by atoms with van der Waals surface area (Å²) in [6.07, 6.45) is 3.06. The highest BCUT2D eigenvalue weighted by Gasteiger charge is 2.27. The highest BCUT2D eigenvalue weighted by Crippen LogP contribution is 2.33. The van der Waals surface area contributed by atoms with E-state index >= 15 is 0 Å². The molecule has 4 rings (SSSR count). The third-order valence-corrected chi connectivity index (χ3v) is 5.43. The number of ether oxygens (including phenoxy) is 1. The monoisotopic (exact) mass is 392 g/mol. The van der Waals surface area contributed by atoms with Crippen molar-refractivity contribution in [2.45, 2.75) is 20.0 Å². The van der Waals surface area contributed by atoms with Gasteiger partial charge in [-0.1, -0.05) is 0 Å². The van der Waals surface area contributed by atoms with Gasteiger partial charge < -0.3 is 14.7 Å². The summed E-state index contributed by atoms with van der Waals surface area (Å²) in [6.45, 7) is 5.57. The first kappa shape index (κ1) is 19.1. The van der Waals surface area contributed by atoms with Crippen LogP contribution in [0.1, 0.15) is 22.8 Å². The Morgan fingerprint density at radius 1 is 1.14 bits per heavy atom. The van der Waals surface area contributed by atoms with Gasteiger partial charge in [-0.3, -0.25) is 14.3 Å². The summed E-state index contributed by atoms with van der Waals surface area (Å²) in [5, 5.41) is 10.4. The minimum absolute atomic E-state index is 0.126. The van der Waals surface area contributed by atoms with E-state index in [9.17, 15) is 9.90 Å². The number of aryl methyl sites for hydroxylation is 2. The van der Waals surface area contributed by atoms with Crippen molar-refractivity contribution in [3.63, 3.8) is 0 Å². The number of pyridine rings is 1. The number of anilines is 1. The zero-order chi connectivity index (χ0) is 20.5. The maximum absolute atomic E-state index is 12.6. The Hall–Kier alpha value is -3.19. The van der Waals surface area contributed by atoms with Gasteiger partial charge in [0.1, 0.15) is 11.9 Å². The standard InChI is InChI=1S/C22H24N4O3/c1-14-10-17(19(27)11-15(14)2)20-13-26(8-9-29-20)22-24-18(12-21(28)25(22)3)16-4-6-23-7-5-16/h4-7,10-12,20,27H,8-9,13H2,1-3H3. The molecule has 0 aliphatic carbocycles. The third kappa shape index (κ3) is 3.73. The first-order valence-corrected chi connectivity index (χ1v) is 9.59. The Kier molecular flexibility index (Phi) is 5.07. The molecule has 1 saturated heterocycles. The van der Waals surface area contributed by atoms with E-state index in [-0.39, 0.29) is 17.4 Å². The first-order chi connectivity index (χ1) is 13.9. The van der Waals surface area contributed by atoms with Crippen LogP contribution in [0.2, 0.25) is 0 Å². The molecule has 0 bridgehead atoms. The summed E-state index contributed by atoms with van der Waals surface area (Å²) in [5.41, 5.74) is 4.22. The number of hydrogen-bond donors (Lipinski definition) is 1. The van der Waals surface area contributed by atoms with E-state index in [0.29, 0.717) is 31.3 Å². The van der Waals surface area contributed by atoms with E-state index in [0.717, 1.165) is 22.3 Å². The van der Waals surface area contributed by atoms with Gasteiger partial charge in [-0.15, -0.1) is 0 Å². The molecular weight excluding hydrogens is 368 g/mol. The maximum Gasteiger partial charge on any atom is 0.255 e. The first-order valence-electron chi connectivity index (χ1n) is 9.59. The second kappa shape index (κ2) is 7.67. The molecule has 1 unspecified atom stereocenters. The van der Waals surface area contributed by atoms with Crippen LogP contribution >= 0.6 is 0 Å². The molecule has 1 atom stereocenters. The Morgan fingerprint density at radius 3 is 2.62 bits per heavy atom. The molecule has 1 aliphatic heterocycles. The van der Waals surface area contributed by atoms with E-state index < -0.39 is 0 Å². The van der Waals surface area contributed by atoms with E-state index in [1.807, 2.05) is 36.9 Å². The Bertz CT molecular complexity index is 1100. The summed E-state index contributed by atoms with van der Waals surface area (Å²) in [6, 6.07) is 8.94. The zero-order valence-electron chi connectivity index (χ0n) is 16.8. The lowest BCUT2D eigenvalue weighted by Crippen LogP contribution is -2.41. The van der Waals surface area contributed by atoms with Gasteiger partial charge in [0, 0.05) is 43.2 Å².